The summed E-state index contributed by atoms with van der Waals surface area (Å²) in [6.45, 7) is 12.5. The van der Waals surface area contributed by atoms with Crippen molar-refractivity contribution in [1.29, 1.82) is 0 Å². The van der Waals surface area contributed by atoms with Crippen LogP contribution >= 0.6 is 0 Å². The van der Waals surface area contributed by atoms with Crippen molar-refractivity contribution < 1.29 is 0 Å². The average molecular weight is 359 g/mol. The third kappa shape index (κ3) is 3.43. The van der Waals surface area contributed by atoms with Crippen molar-refractivity contribution in [3.63, 3.8) is 0 Å². The summed E-state index contributed by atoms with van der Waals surface area (Å²) in [5.74, 6) is 1.02. The quantitative estimate of drug-likeness (QED) is 0.717. The Morgan fingerprint density at radius 2 is 1.78 bits per heavy atom. The molecule has 0 radical (unpaired) electrons. The SMILES string of the molecule is C=C(c1ccc2ncnc(N3CCN(C)CC3)c2c1)c1cc(C)cnc1C. The number of hydrogen-bond acceptors (Lipinski definition) is 5. The Balaban J connectivity index is 1.76. The predicted molar refractivity (Wildman–Crippen MR) is 111 cm³/mol. The monoisotopic (exact) mass is 359 g/mol. The molecule has 5 heteroatoms. The van der Waals surface area contributed by atoms with E-state index in [0.717, 1.165) is 70.9 Å². The van der Waals surface area contributed by atoms with Crippen LogP contribution in [0.4, 0.5) is 5.82 Å². The minimum absolute atomic E-state index is 0.967. The number of aryl methyl sites for hydroxylation is 2. The van der Waals surface area contributed by atoms with E-state index in [-0.39, 0.29) is 0 Å². The molecule has 1 aliphatic rings. The molecule has 3 aromatic rings. The van der Waals surface area contributed by atoms with Gasteiger partial charge in [0.05, 0.1) is 5.52 Å². The smallest absolute Gasteiger partial charge is 0.139 e. The van der Waals surface area contributed by atoms with E-state index in [4.69, 9.17) is 0 Å². The van der Waals surface area contributed by atoms with E-state index in [0.29, 0.717) is 0 Å². The topological polar surface area (TPSA) is 45.2 Å². The first kappa shape index (κ1) is 17.6. The minimum Gasteiger partial charge on any atom is -0.353 e. The molecule has 0 bridgehead atoms. The van der Waals surface area contributed by atoms with Gasteiger partial charge >= 0.3 is 0 Å². The lowest BCUT2D eigenvalue weighted by atomic mass is 9.96. The van der Waals surface area contributed by atoms with Crippen LogP contribution in [-0.2, 0) is 0 Å². The fourth-order valence-electron chi connectivity index (χ4n) is 3.60. The second-order valence-corrected chi connectivity index (χ2v) is 7.34. The first-order valence-corrected chi connectivity index (χ1v) is 9.34. The Labute approximate surface area is 160 Å². The zero-order valence-corrected chi connectivity index (χ0v) is 16.2. The van der Waals surface area contributed by atoms with Gasteiger partial charge in [0.2, 0.25) is 0 Å². The van der Waals surface area contributed by atoms with Crippen molar-refractivity contribution in [1.82, 2.24) is 19.9 Å². The van der Waals surface area contributed by atoms with Crippen LogP contribution in [0.1, 0.15) is 22.4 Å². The molecule has 3 heterocycles. The molecule has 5 nitrogen and oxygen atoms in total. The van der Waals surface area contributed by atoms with E-state index >= 15 is 0 Å². The molecule has 0 amide bonds. The number of benzene rings is 1. The average Bonchev–Trinajstić information content (AvgIpc) is 2.69. The summed E-state index contributed by atoms with van der Waals surface area (Å²) in [5, 5.41) is 1.08. The van der Waals surface area contributed by atoms with Crippen molar-refractivity contribution in [2.75, 3.05) is 38.1 Å². The van der Waals surface area contributed by atoms with Crippen LogP contribution in [0.3, 0.4) is 0 Å². The van der Waals surface area contributed by atoms with Gasteiger partial charge in [-0.05, 0) is 55.8 Å². The van der Waals surface area contributed by atoms with Gasteiger partial charge in [-0.1, -0.05) is 12.6 Å². The van der Waals surface area contributed by atoms with Gasteiger partial charge in [-0.3, -0.25) is 4.98 Å². The number of likely N-dealkylation sites (N-methyl/N-ethyl adjacent to an activating group) is 1. The summed E-state index contributed by atoms with van der Waals surface area (Å²) in [6.07, 6.45) is 3.56. The maximum Gasteiger partial charge on any atom is 0.139 e. The molecular formula is C22H25N5. The van der Waals surface area contributed by atoms with E-state index in [1.807, 2.05) is 13.1 Å². The molecule has 0 aliphatic carbocycles. The molecule has 1 aromatic carbocycles. The highest BCUT2D eigenvalue weighted by Gasteiger charge is 2.18. The van der Waals surface area contributed by atoms with Crippen LogP contribution in [0.25, 0.3) is 16.5 Å². The van der Waals surface area contributed by atoms with Gasteiger partial charge in [-0.25, -0.2) is 9.97 Å². The van der Waals surface area contributed by atoms with Crippen molar-refractivity contribution in [2.24, 2.45) is 0 Å². The molecule has 138 valence electrons. The lowest BCUT2D eigenvalue weighted by Crippen LogP contribution is -2.44. The Hall–Kier alpha value is -2.79. The van der Waals surface area contributed by atoms with E-state index in [1.54, 1.807) is 6.33 Å². The molecule has 1 aliphatic heterocycles. The summed E-state index contributed by atoms with van der Waals surface area (Å²) in [4.78, 5) is 18.3. The van der Waals surface area contributed by atoms with Crippen molar-refractivity contribution in [3.8, 4) is 0 Å². The minimum atomic E-state index is 0.967. The number of pyridine rings is 1. The fourth-order valence-corrected chi connectivity index (χ4v) is 3.60. The van der Waals surface area contributed by atoms with E-state index in [9.17, 15) is 0 Å². The lowest BCUT2D eigenvalue weighted by Gasteiger charge is -2.33. The summed E-state index contributed by atoms with van der Waals surface area (Å²) in [7, 11) is 2.16. The number of anilines is 1. The summed E-state index contributed by atoms with van der Waals surface area (Å²) >= 11 is 0. The van der Waals surface area contributed by atoms with Gasteiger partial charge in [0.1, 0.15) is 12.1 Å². The van der Waals surface area contributed by atoms with Crippen molar-refractivity contribution in [3.05, 3.63) is 65.8 Å². The van der Waals surface area contributed by atoms with Crippen LogP contribution < -0.4 is 4.90 Å². The van der Waals surface area contributed by atoms with Crippen molar-refractivity contribution in [2.45, 2.75) is 13.8 Å². The number of rotatable bonds is 3. The summed E-state index contributed by atoms with van der Waals surface area (Å²) in [6, 6.07) is 8.48. The number of fused-ring (bicyclic) bond motifs is 1. The molecule has 0 atom stereocenters. The molecule has 0 saturated carbocycles. The highest BCUT2D eigenvalue weighted by atomic mass is 15.3. The maximum absolute atomic E-state index is 4.61. The largest absolute Gasteiger partial charge is 0.353 e. The van der Waals surface area contributed by atoms with Crippen LogP contribution in [-0.4, -0.2) is 53.1 Å². The zero-order valence-electron chi connectivity index (χ0n) is 16.2. The second kappa shape index (κ2) is 7.08. The third-order valence-electron chi connectivity index (χ3n) is 5.31. The van der Waals surface area contributed by atoms with Crippen molar-refractivity contribution >= 4 is 22.3 Å². The lowest BCUT2D eigenvalue weighted by molar-refractivity contribution is 0.312. The van der Waals surface area contributed by atoms with Crippen LogP contribution in [0.5, 0.6) is 0 Å². The molecule has 0 unspecified atom stereocenters. The summed E-state index contributed by atoms with van der Waals surface area (Å²) < 4.78 is 0. The Bertz CT molecular complexity index is 1000. The first-order valence-electron chi connectivity index (χ1n) is 9.34. The van der Waals surface area contributed by atoms with Crippen LogP contribution in [0.15, 0.2) is 43.4 Å². The van der Waals surface area contributed by atoms with E-state index in [2.05, 4.69) is 69.6 Å². The Morgan fingerprint density at radius 1 is 1.00 bits per heavy atom. The molecule has 1 saturated heterocycles. The molecule has 2 aromatic heterocycles. The Kier molecular flexibility index (Phi) is 4.62. The highest BCUT2D eigenvalue weighted by molar-refractivity contribution is 5.93. The Morgan fingerprint density at radius 3 is 2.56 bits per heavy atom. The molecule has 0 N–H and O–H groups in total. The van der Waals surface area contributed by atoms with Gasteiger partial charge in [-0.2, -0.15) is 0 Å². The number of aromatic nitrogens is 3. The van der Waals surface area contributed by atoms with E-state index in [1.165, 1.54) is 0 Å². The van der Waals surface area contributed by atoms with Gasteiger partial charge < -0.3 is 9.80 Å². The molecule has 27 heavy (non-hydrogen) atoms. The third-order valence-corrected chi connectivity index (χ3v) is 5.31. The number of piperazine rings is 1. The zero-order chi connectivity index (χ0) is 19.0. The van der Waals surface area contributed by atoms with Gasteiger partial charge in [0.25, 0.3) is 0 Å². The normalized spacial score (nSPS) is 15.3. The van der Waals surface area contributed by atoms with Crippen LogP contribution in [0.2, 0.25) is 0 Å². The van der Waals surface area contributed by atoms with Gasteiger partial charge in [0, 0.05) is 49.0 Å². The summed E-state index contributed by atoms with van der Waals surface area (Å²) in [5.41, 5.74) is 6.26. The number of nitrogens with zero attached hydrogens (tertiary/aromatic N) is 5. The number of hydrogen-bond donors (Lipinski definition) is 0. The first-order chi connectivity index (χ1) is 13.0. The van der Waals surface area contributed by atoms with E-state index < -0.39 is 0 Å². The molecule has 1 fully saturated rings. The predicted octanol–water partition coefficient (Wildman–Crippen LogP) is 3.45. The maximum atomic E-state index is 4.61. The molecular weight excluding hydrogens is 334 g/mol. The van der Waals surface area contributed by atoms with Gasteiger partial charge in [-0.15, -0.1) is 0 Å². The standard InChI is InChI=1S/C22H25N5/c1-15-11-19(17(3)23-13-15)16(2)18-5-6-21-20(12-18)22(25-14-24-21)27-9-7-26(4)8-10-27/h5-6,11-14H,2,7-10H2,1,3-4H3. The highest BCUT2D eigenvalue weighted by Crippen LogP contribution is 2.30. The fraction of sp³-hybridized carbons (Fsp3) is 0.318. The second-order valence-electron chi connectivity index (χ2n) is 7.34. The van der Waals surface area contributed by atoms with Gasteiger partial charge in [0.15, 0.2) is 0 Å². The molecule has 4 rings (SSSR count). The molecule has 0 spiro atoms. The van der Waals surface area contributed by atoms with Crippen LogP contribution in [0, 0.1) is 13.8 Å².